The van der Waals surface area contributed by atoms with Crippen LogP contribution in [0.2, 0.25) is 5.02 Å². The fraction of sp³-hybridized carbons (Fsp3) is 0.111. The molecule has 0 saturated carbocycles. The smallest absolute Gasteiger partial charge is 0.161 e. The van der Waals surface area contributed by atoms with E-state index in [2.05, 4.69) is 11.1 Å². The predicted octanol–water partition coefficient (Wildman–Crippen LogP) is 4.68. The fourth-order valence-electron chi connectivity index (χ4n) is 2.37. The van der Waals surface area contributed by atoms with Gasteiger partial charge in [-0.25, -0.2) is 0 Å². The third kappa shape index (κ3) is 2.96. The summed E-state index contributed by atoms with van der Waals surface area (Å²) >= 11 is 6.14. The van der Waals surface area contributed by atoms with Crippen LogP contribution in [0, 0.1) is 0 Å². The van der Waals surface area contributed by atoms with Gasteiger partial charge in [0, 0.05) is 23.1 Å². The molecule has 0 aliphatic rings. The summed E-state index contributed by atoms with van der Waals surface area (Å²) in [6.45, 7) is 1.52. The Morgan fingerprint density at radius 3 is 2.67 bits per heavy atom. The molecule has 0 fully saturated rings. The van der Waals surface area contributed by atoms with Crippen LogP contribution in [-0.4, -0.2) is 10.8 Å². The summed E-state index contributed by atoms with van der Waals surface area (Å²) in [7, 11) is 0. The first-order valence-corrected chi connectivity index (χ1v) is 7.15. The van der Waals surface area contributed by atoms with E-state index in [1.54, 1.807) is 6.07 Å². The largest absolute Gasteiger partial charge is 0.294 e. The highest BCUT2D eigenvalue weighted by atomic mass is 35.5. The van der Waals surface area contributed by atoms with E-state index in [4.69, 9.17) is 11.6 Å². The lowest BCUT2D eigenvalue weighted by Gasteiger charge is -2.06. The second kappa shape index (κ2) is 5.66. The zero-order chi connectivity index (χ0) is 14.8. The van der Waals surface area contributed by atoms with Gasteiger partial charge in [0.15, 0.2) is 5.78 Å². The average molecular weight is 296 g/mol. The number of fused-ring (bicyclic) bond motifs is 1. The van der Waals surface area contributed by atoms with Crippen molar-refractivity contribution in [1.29, 1.82) is 0 Å². The Balaban J connectivity index is 1.91. The normalized spacial score (nSPS) is 10.8. The molecular weight excluding hydrogens is 282 g/mol. The molecule has 2 nitrogen and oxygen atoms in total. The first kappa shape index (κ1) is 13.8. The molecule has 0 bridgehead atoms. The van der Waals surface area contributed by atoms with Crippen molar-refractivity contribution in [2.24, 2.45) is 0 Å². The third-order valence-corrected chi connectivity index (χ3v) is 3.77. The molecule has 0 atom stereocenters. The molecule has 3 rings (SSSR count). The first-order chi connectivity index (χ1) is 10.1. The Kier molecular flexibility index (Phi) is 3.72. The Labute approximate surface area is 128 Å². The van der Waals surface area contributed by atoms with Crippen molar-refractivity contribution in [2.75, 3.05) is 0 Å². The van der Waals surface area contributed by atoms with Crippen molar-refractivity contribution in [1.82, 2.24) is 4.98 Å². The number of Topliss-reactive ketones (excluding diaryl/α,β-unsaturated/α-hetero) is 1. The van der Waals surface area contributed by atoms with Gasteiger partial charge >= 0.3 is 0 Å². The lowest BCUT2D eigenvalue weighted by Crippen LogP contribution is -1.97. The molecule has 0 amide bonds. The first-order valence-electron chi connectivity index (χ1n) is 6.77. The van der Waals surface area contributed by atoms with Crippen LogP contribution >= 0.6 is 11.6 Å². The van der Waals surface area contributed by atoms with E-state index < -0.39 is 0 Å². The van der Waals surface area contributed by atoms with Crippen LogP contribution in [-0.2, 0) is 6.42 Å². The summed E-state index contributed by atoms with van der Waals surface area (Å²) in [4.78, 5) is 16.0. The maximum Gasteiger partial charge on any atom is 0.161 e. The van der Waals surface area contributed by atoms with Crippen molar-refractivity contribution < 1.29 is 4.79 Å². The maximum atomic E-state index is 11.4. The van der Waals surface area contributed by atoms with Crippen LogP contribution in [0.15, 0.2) is 54.6 Å². The fourth-order valence-corrected chi connectivity index (χ4v) is 2.71. The number of benzene rings is 2. The maximum absolute atomic E-state index is 11.4. The van der Waals surface area contributed by atoms with Crippen LogP contribution in [0.1, 0.15) is 28.5 Å². The third-order valence-electron chi connectivity index (χ3n) is 3.45. The summed E-state index contributed by atoms with van der Waals surface area (Å²) < 4.78 is 0. The minimum Gasteiger partial charge on any atom is -0.294 e. The summed E-state index contributed by atoms with van der Waals surface area (Å²) in [5, 5.41) is 1.63. The molecule has 0 aliphatic carbocycles. The Hall–Kier alpha value is -2.19. The summed E-state index contributed by atoms with van der Waals surface area (Å²) in [6.07, 6.45) is 0.697. The van der Waals surface area contributed by atoms with Crippen molar-refractivity contribution in [3.8, 4) is 0 Å². The van der Waals surface area contributed by atoms with Crippen molar-refractivity contribution in [3.63, 3.8) is 0 Å². The van der Waals surface area contributed by atoms with Crippen molar-refractivity contribution >= 4 is 28.3 Å². The molecule has 0 aliphatic heterocycles. The number of hydrogen-bond donors (Lipinski definition) is 0. The second-order valence-electron chi connectivity index (χ2n) is 5.04. The molecule has 1 heterocycles. The van der Waals surface area contributed by atoms with Gasteiger partial charge in [-0.05, 0) is 36.8 Å². The minimum atomic E-state index is -0.0182. The highest BCUT2D eigenvalue weighted by molar-refractivity contribution is 6.33. The van der Waals surface area contributed by atoms with Gasteiger partial charge in [-0.1, -0.05) is 41.9 Å². The molecule has 0 spiro atoms. The lowest BCUT2D eigenvalue weighted by molar-refractivity contribution is 0.101. The number of pyridine rings is 1. The van der Waals surface area contributed by atoms with Crippen LogP contribution in [0.4, 0.5) is 0 Å². The Morgan fingerprint density at radius 2 is 1.90 bits per heavy atom. The number of nitrogens with zero attached hydrogens (tertiary/aromatic N) is 1. The monoisotopic (exact) mass is 295 g/mol. The van der Waals surface area contributed by atoms with E-state index in [-0.39, 0.29) is 5.78 Å². The zero-order valence-electron chi connectivity index (χ0n) is 11.6. The summed E-state index contributed by atoms with van der Waals surface area (Å²) in [5.41, 5.74) is 3.58. The molecule has 2 aromatic carbocycles. The molecule has 0 unspecified atom stereocenters. The predicted molar refractivity (Wildman–Crippen MR) is 86.0 cm³/mol. The van der Waals surface area contributed by atoms with Crippen LogP contribution in [0.3, 0.4) is 0 Å². The van der Waals surface area contributed by atoms with Gasteiger partial charge in [0.2, 0.25) is 0 Å². The van der Waals surface area contributed by atoms with E-state index in [1.165, 1.54) is 6.92 Å². The standard InChI is InChI=1S/C18H14ClNO/c1-12(21)16-9-6-13(11-17(16)19)10-15-8-7-14-4-2-3-5-18(14)20-15/h2-9,11H,10H2,1H3. The van der Waals surface area contributed by atoms with E-state index >= 15 is 0 Å². The lowest BCUT2D eigenvalue weighted by atomic mass is 10.0. The number of aromatic nitrogens is 1. The van der Waals surface area contributed by atoms with Gasteiger partial charge in [0.25, 0.3) is 0 Å². The minimum absolute atomic E-state index is 0.0182. The Bertz CT molecular complexity index is 826. The molecule has 0 saturated heterocycles. The van der Waals surface area contributed by atoms with Crippen molar-refractivity contribution in [2.45, 2.75) is 13.3 Å². The molecule has 21 heavy (non-hydrogen) atoms. The van der Waals surface area contributed by atoms with Gasteiger partial charge < -0.3 is 0 Å². The number of rotatable bonds is 3. The highest BCUT2D eigenvalue weighted by Gasteiger charge is 2.07. The molecule has 3 heteroatoms. The molecular formula is C18H14ClNO. The molecule has 1 aromatic heterocycles. The summed E-state index contributed by atoms with van der Waals surface area (Å²) in [6, 6.07) is 17.7. The SMILES string of the molecule is CC(=O)c1ccc(Cc2ccc3ccccc3n2)cc1Cl. The number of para-hydroxylation sites is 1. The van der Waals surface area contributed by atoms with E-state index in [9.17, 15) is 4.79 Å². The number of carbonyl (C=O) groups is 1. The van der Waals surface area contributed by atoms with Crippen molar-refractivity contribution in [3.05, 3.63) is 76.4 Å². The van der Waals surface area contributed by atoms with Gasteiger partial charge in [0.1, 0.15) is 0 Å². The molecule has 104 valence electrons. The molecule has 0 radical (unpaired) electrons. The van der Waals surface area contributed by atoms with Gasteiger partial charge in [0.05, 0.1) is 10.5 Å². The average Bonchev–Trinajstić information content (AvgIpc) is 2.47. The van der Waals surface area contributed by atoms with Crippen LogP contribution < -0.4 is 0 Å². The highest BCUT2D eigenvalue weighted by Crippen LogP contribution is 2.21. The van der Waals surface area contributed by atoms with Gasteiger partial charge in [-0.2, -0.15) is 0 Å². The topological polar surface area (TPSA) is 30.0 Å². The van der Waals surface area contributed by atoms with E-state index in [0.29, 0.717) is 17.0 Å². The second-order valence-corrected chi connectivity index (χ2v) is 5.45. The quantitative estimate of drug-likeness (QED) is 0.657. The zero-order valence-corrected chi connectivity index (χ0v) is 12.4. The number of halogens is 1. The Morgan fingerprint density at radius 1 is 1.10 bits per heavy atom. The van der Waals surface area contributed by atoms with E-state index in [1.807, 2.05) is 42.5 Å². The molecule has 3 aromatic rings. The van der Waals surface area contributed by atoms with Gasteiger partial charge in [-0.3, -0.25) is 9.78 Å². The van der Waals surface area contributed by atoms with E-state index in [0.717, 1.165) is 22.2 Å². The number of ketones is 1. The molecule has 0 N–H and O–H groups in total. The summed E-state index contributed by atoms with van der Waals surface area (Å²) in [5.74, 6) is -0.0182. The van der Waals surface area contributed by atoms with Gasteiger partial charge in [-0.15, -0.1) is 0 Å². The number of carbonyl (C=O) groups excluding carboxylic acids is 1. The van der Waals surface area contributed by atoms with Crippen LogP contribution in [0.25, 0.3) is 10.9 Å². The van der Waals surface area contributed by atoms with Crippen LogP contribution in [0.5, 0.6) is 0 Å². The number of hydrogen-bond acceptors (Lipinski definition) is 2.